The average molecular weight is 443 g/mol. The van der Waals surface area contributed by atoms with Crippen molar-refractivity contribution in [1.29, 1.82) is 0 Å². The lowest BCUT2D eigenvalue weighted by Crippen LogP contribution is -2.32. The van der Waals surface area contributed by atoms with Crippen LogP contribution in [0.5, 0.6) is 0 Å². The fourth-order valence-corrected chi connectivity index (χ4v) is 4.63. The molecule has 0 heterocycles. The summed E-state index contributed by atoms with van der Waals surface area (Å²) in [6, 6.07) is 8.41. The number of hydrogen-bond donors (Lipinski definition) is 0. The van der Waals surface area contributed by atoms with Crippen molar-refractivity contribution in [3.63, 3.8) is 0 Å². The molecule has 0 aliphatic carbocycles. The van der Waals surface area contributed by atoms with Crippen molar-refractivity contribution in [2.75, 3.05) is 17.3 Å². The van der Waals surface area contributed by atoms with Crippen molar-refractivity contribution < 1.29 is 4.74 Å². The molecule has 1 nitrogen and oxygen atoms in total. The van der Waals surface area contributed by atoms with E-state index in [9.17, 15) is 0 Å². The molecule has 102 valence electrons. The summed E-state index contributed by atoms with van der Waals surface area (Å²) < 4.78 is 6.87. The average Bonchev–Trinajstić information content (AvgIpc) is 2.36. The first-order chi connectivity index (χ1) is 8.55. The van der Waals surface area contributed by atoms with Gasteiger partial charge in [-0.25, -0.2) is 0 Å². The lowest BCUT2D eigenvalue weighted by Gasteiger charge is -2.32. The van der Waals surface area contributed by atoms with Crippen LogP contribution in [0.4, 0.5) is 0 Å². The molecule has 0 aromatic heterocycles. The lowest BCUT2D eigenvalue weighted by atomic mass is 9.82. The summed E-state index contributed by atoms with van der Waals surface area (Å²) in [6.45, 7) is 4.92. The standard InChI is InChI=1S/C14H19Br3O/c1-11(2)18-8-7-14(9-15,10-16)12-5-3-4-6-13(12)17/h3-6,11H,7-10H2,1-2H3. The molecule has 0 aliphatic rings. The third kappa shape index (κ3) is 4.32. The number of alkyl halides is 2. The summed E-state index contributed by atoms with van der Waals surface area (Å²) in [4.78, 5) is 0. The first-order valence-corrected chi connectivity index (χ1v) is 9.08. The number of benzene rings is 1. The molecule has 0 atom stereocenters. The first kappa shape index (κ1) is 16.7. The van der Waals surface area contributed by atoms with Crippen molar-refractivity contribution in [3.05, 3.63) is 34.3 Å². The Hall–Kier alpha value is 0.620. The summed E-state index contributed by atoms with van der Waals surface area (Å²) in [5.41, 5.74) is 1.39. The van der Waals surface area contributed by atoms with Gasteiger partial charge in [-0.05, 0) is 31.9 Å². The van der Waals surface area contributed by atoms with E-state index >= 15 is 0 Å². The molecule has 18 heavy (non-hydrogen) atoms. The highest BCUT2D eigenvalue weighted by molar-refractivity contribution is 9.10. The molecule has 0 saturated heterocycles. The molecule has 1 aromatic rings. The maximum Gasteiger partial charge on any atom is 0.0518 e. The highest BCUT2D eigenvalue weighted by Gasteiger charge is 2.31. The molecule has 0 fully saturated rings. The Morgan fingerprint density at radius 2 is 1.78 bits per heavy atom. The maximum atomic E-state index is 5.71. The maximum absolute atomic E-state index is 5.71. The molecule has 0 saturated carbocycles. The molecule has 0 radical (unpaired) electrons. The predicted molar refractivity (Wildman–Crippen MR) is 89.1 cm³/mol. The van der Waals surface area contributed by atoms with Crippen molar-refractivity contribution in [2.24, 2.45) is 0 Å². The van der Waals surface area contributed by atoms with E-state index in [1.165, 1.54) is 5.56 Å². The van der Waals surface area contributed by atoms with Crippen LogP contribution in [0.2, 0.25) is 0 Å². The molecular weight excluding hydrogens is 424 g/mol. The summed E-state index contributed by atoms with van der Waals surface area (Å²) in [5.74, 6) is 0. The predicted octanol–water partition coefficient (Wildman–Crippen LogP) is 5.29. The highest BCUT2D eigenvalue weighted by atomic mass is 79.9. The fraction of sp³-hybridized carbons (Fsp3) is 0.571. The number of ether oxygens (including phenoxy) is 1. The van der Waals surface area contributed by atoms with Crippen molar-refractivity contribution in [2.45, 2.75) is 31.8 Å². The molecule has 0 N–H and O–H groups in total. The van der Waals surface area contributed by atoms with E-state index < -0.39 is 0 Å². The molecule has 0 bridgehead atoms. The van der Waals surface area contributed by atoms with Gasteiger partial charge in [0.25, 0.3) is 0 Å². The van der Waals surface area contributed by atoms with Gasteiger partial charge < -0.3 is 4.74 Å². The van der Waals surface area contributed by atoms with E-state index in [-0.39, 0.29) is 11.5 Å². The van der Waals surface area contributed by atoms with Crippen LogP contribution in [-0.2, 0) is 10.2 Å². The van der Waals surface area contributed by atoms with E-state index in [0.29, 0.717) is 0 Å². The van der Waals surface area contributed by atoms with Gasteiger partial charge in [0.2, 0.25) is 0 Å². The normalized spacial score (nSPS) is 12.1. The van der Waals surface area contributed by atoms with Crippen molar-refractivity contribution in [1.82, 2.24) is 0 Å². The highest BCUT2D eigenvalue weighted by Crippen LogP contribution is 2.36. The van der Waals surface area contributed by atoms with Gasteiger partial charge in [-0.3, -0.25) is 0 Å². The fourth-order valence-electron chi connectivity index (χ4n) is 1.83. The summed E-state index contributed by atoms with van der Waals surface area (Å²) in [5, 5.41) is 1.82. The molecule has 0 aliphatic heterocycles. The van der Waals surface area contributed by atoms with Gasteiger partial charge in [0.15, 0.2) is 0 Å². The summed E-state index contributed by atoms with van der Waals surface area (Å²) >= 11 is 11.0. The molecule has 1 rings (SSSR count). The zero-order valence-electron chi connectivity index (χ0n) is 10.8. The first-order valence-electron chi connectivity index (χ1n) is 6.04. The Kier molecular flexibility index (Phi) is 7.44. The van der Waals surface area contributed by atoms with E-state index in [1.807, 2.05) is 6.07 Å². The Morgan fingerprint density at radius 3 is 2.28 bits per heavy atom. The van der Waals surface area contributed by atoms with Gasteiger partial charge >= 0.3 is 0 Å². The molecule has 0 unspecified atom stereocenters. The van der Waals surface area contributed by atoms with Crippen LogP contribution in [0.25, 0.3) is 0 Å². The van der Waals surface area contributed by atoms with E-state index in [4.69, 9.17) is 4.74 Å². The quantitative estimate of drug-likeness (QED) is 0.521. The molecule has 0 spiro atoms. The summed E-state index contributed by atoms with van der Waals surface area (Å²) in [6.07, 6.45) is 1.28. The molecular formula is C14H19Br3O. The van der Waals surface area contributed by atoms with Gasteiger partial charge in [0.05, 0.1) is 6.10 Å². The molecule has 1 aromatic carbocycles. The minimum absolute atomic E-state index is 0.0645. The van der Waals surface area contributed by atoms with E-state index in [2.05, 4.69) is 79.8 Å². The van der Waals surface area contributed by atoms with Gasteiger partial charge in [-0.1, -0.05) is 66.0 Å². The minimum Gasteiger partial charge on any atom is -0.379 e. The number of hydrogen-bond acceptors (Lipinski definition) is 1. The molecule has 0 amide bonds. The van der Waals surface area contributed by atoms with Crippen LogP contribution in [0.1, 0.15) is 25.8 Å². The van der Waals surface area contributed by atoms with Gasteiger partial charge in [-0.2, -0.15) is 0 Å². The Morgan fingerprint density at radius 1 is 1.17 bits per heavy atom. The largest absolute Gasteiger partial charge is 0.379 e. The van der Waals surface area contributed by atoms with Crippen LogP contribution < -0.4 is 0 Å². The monoisotopic (exact) mass is 440 g/mol. The van der Waals surface area contributed by atoms with Crippen LogP contribution in [0, 0.1) is 0 Å². The van der Waals surface area contributed by atoms with Crippen LogP contribution in [0.3, 0.4) is 0 Å². The van der Waals surface area contributed by atoms with E-state index in [1.54, 1.807) is 0 Å². The van der Waals surface area contributed by atoms with Crippen LogP contribution in [0.15, 0.2) is 28.7 Å². The van der Waals surface area contributed by atoms with E-state index in [0.717, 1.165) is 28.2 Å². The van der Waals surface area contributed by atoms with Crippen molar-refractivity contribution >= 4 is 47.8 Å². The second kappa shape index (κ2) is 8.03. The lowest BCUT2D eigenvalue weighted by molar-refractivity contribution is 0.0681. The SMILES string of the molecule is CC(C)OCCC(CBr)(CBr)c1ccccc1Br. The smallest absolute Gasteiger partial charge is 0.0518 e. The van der Waals surface area contributed by atoms with Gasteiger partial charge in [-0.15, -0.1) is 0 Å². The van der Waals surface area contributed by atoms with Crippen molar-refractivity contribution in [3.8, 4) is 0 Å². The third-order valence-electron chi connectivity index (χ3n) is 2.99. The second-order valence-electron chi connectivity index (χ2n) is 4.70. The second-order valence-corrected chi connectivity index (χ2v) is 6.67. The number of rotatable bonds is 7. The Balaban J connectivity index is 2.89. The summed E-state index contributed by atoms with van der Waals surface area (Å²) in [7, 11) is 0. The Labute approximate surface area is 135 Å². The Bertz CT molecular complexity index is 362. The van der Waals surface area contributed by atoms with Gasteiger partial charge in [0, 0.05) is 27.2 Å². The zero-order valence-corrected chi connectivity index (χ0v) is 15.5. The minimum atomic E-state index is 0.0645. The van der Waals surface area contributed by atoms with Gasteiger partial charge in [0.1, 0.15) is 0 Å². The third-order valence-corrected chi connectivity index (χ3v) is 5.83. The van der Waals surface area contributed by atoms with Crippen LogP contribution >= 0.6 is 47.8 Å². The van der Waals surface area contributed by atoms with Crippen LogP contribution in [-0.4, -0.2) is 23.4 Å². The number of halogens is 3. The zero-order chi connectivity index (χ0) is 13.6. The topological polar surface area (TPSA) is 9.23 Å². The molecule has 4 heteroatoms.